The van der Waals surface area contributed by atoms with Crippen molar-refractivity contribution in [2.24, 2.45) is 0 Å². The molecular formula is C13H20N4. The standard InChI is InChI=1S/C13H20N4/c1-4-6-10(5-2)17-12-11(16-13(17)14)7-9(3)8-15-12/h7-8,10H,4-6H2,1-3H3,(H2,14,16). The van der Waals surface area contributed by atoms with Crippen molar-refractivity contribution in [3.05, 3.63) is 17.8 Å². The van der Waals surface area contributed by atoms with E-state index in [9.17, 15) is 0 Å². The van der Waals surface area contributed by atoms with Gasteiger partial charge >= 0.3 is 0 Å². The molecule has 0 amide bonds. The third-order valence-corrected chi connectivity index (χ3v) is 3.15. The summed E-state index contributed by atoms with van der Waals surface area (Å²) < 4.78 is 2.08. The molecule has 0 aliphatic heterocycles. The Kier molecular flexibility index (Phi) is 3.31. The fourth-order valence-electron chi connectivity index (χ4n) is 2.31. The highest BCUT2D eigenvalue weighted by molar-refractivity contribution is 5.74. The van der Waals surface area contributed by atoms with Crippen LogP contribution in [0.25, 0.3) is 11.2 Å². The molecule has 0 aromatic carbocycles. The lowest BCUT2D eigenvalue weighted by Crippen LogP contribution is -2.11. The average Bonchev–Trinajstić information content (AvgIpc) is 2.61. The van der Waals surface area contributed by atoms with E-state index in [1.807, 2.05) is 19.2 Å². The van der Waals surface area contributed by atoms with Gasteiger partial charge in [-0.2, -0.15) is 0 Å². The minimum absolute atomic E-state index is 0.403. The fourth-order valence-corrected chi connectivity index (χ4v) is 2.31. The molecule has 4 nitrogen and oxygen atoms in total. The second kappa shape index (κ2) is 4.73. The molecule has 2 rings (SSSR count). The molecule has 0 bridgehead atoms. The lowest BCUT2D eigenvalue weighted by atomic mass is 10.1. The first-order valence-corrected chi connectivity index (χ1v) is 6.27. The van der Waals surface area contributed by atoms with E-state index in [2.05, 4.69) is 28.4 Å². The van der Waals surface area contributed by atoms with Crippen LogP contribution < -0.4 is 5.73 Å². The summed E-state index contributed by atoms with van der Waals surface area (Å²) in [5.41, 5.74) is 8.95. The second-order valence-corrected chi connectivity index (χ2v) is 4.55. The Morgan fingerprint density at radius 1 is 1.41 bits per heavy atom. The van der Waals surface area contributed by atoms with Gasteiger partial charge in [-0.3, -0.25) is 4.57 Å². The topological polar surface area (TPSA) is 56.7 Å². The number of nitrogens with zero attached hydrogens (tertiary/aromatic N) is 3. The average molecular weight is 232 g/mol. The van der Waals surface area contributed by atoms with E-state index >= 15 is 0 Å². The SMILES string of the molecule is CCCC(CC)n1c(N)nc2cc(C)cnc21. The van der Waals surface area contributed by atoms with Crippen LogP contribution in [0, 0.1) is 6.92 Å². The Morgan fingerprint density at radius 3 is 2.82 bits per heavy atom. The van der Waals surface area contributed by atoms with Crippen LogP contribution in [0.3, 0.4) is 0 Å². The van der Waals surface area contributed by atoms with Crippen LogP contribution in [0.15, 0.2) is 12.3 Å². The number of pyridine rings is 1. The zero-order valence-corrected chi connectivity index (χ0v) is 10.8. The molecular weight excluding hydrogens is 212 g/mol. The first-order chi connectivity index (χ1) is 8.17. The van der Waals surface area contributed by atoms with Crippen molar-refractivity contribution in [3.63, 3.8) is 0 Å². The molecule has 2 aromatic rings. The van der Waals surface area contributed by atoms with Crippen LogP contribution in [0.1, 0.15) is 44.7 Å². The number of fused-ring (bicyclic) bond motifs is 1. The van der Waals surface area contributed by atoms with Crippen LogP contribution in [0.5, 0.6) is 0 Å². The van der Waals surface area contributed by atoms with Crippen LogP contribution in [0.2, 0.25) is 0 Å². The van der Waals surface area contributed by atoms with Gasteiger partial charge in [0.1, 0.15) is 5.52 Å². The summed E-state index contributed by atoms with van der Waals surface area (Å²) in [5.74, 6) is 0.582. The van der Waals surface area contributed by atoms with Gasteiger partial charge in [0.15, 0.2) is 5.65 Å². The van der Waals surface area contributed by atoms with Gasteiger partial charge in [-0.1, -0.05) is 20.3 Å². The van der Waals surface area contributed by atoms with Gasteiger partial charge in [-0.25, -0.2) is 9.97 Å². The summed E-state index contributed by atoms with van der Waals surface area (Å²) >= 11 is 0. The molecule has 0 radical (unpaired) electrons. The number of nitrogen functional groups attached to an aromatic ring is 1. The van der Waals surface area contributed by atoms with E-state index < -0.39 is 0 Å². The van der Waals surface area contributed by atoms with Crippen LogP contribution in [-0.2, 0) is 0 Å². The first kappa shape index (κ1) is 11.9. The summed E-state index contributed by atoms with van der Waals surface area (Å²) in [6.07, 6.45) is 5.18. The third-order valence-electron chi connectivity index (χ3n) is 3.15. The molecule has 1 unspecified atom stereocenters. The molecule has 0 spiro atoms. The van der Waals surface area contributed by atoms with Gasteiger partial charge in [0.2, 0.25) is 5.95 Å². The normalized spacial score (nSPS) is 13.1. The van der Waals surface area contributed by atoms with Gasteiger partial charge < -0.3 is 5.73 Å². The lowest BCUT2D eigenvalue weighted by Gasteiger charge is -2.17. The maximum Gasteiger partial charge on any atom is 0.202 e. The maximum absolute atomic E-state index is 6.02. The van der Waals surface area contributed by atoms with Gasteiger partial charge in [0.25, 0.3) is 0 Å². The molecule has 0 fully saturated rings. The van der Waals surface area contributed by atoms with E-state index in [1.54, 1.807) is 0 Å². The van der Waals surface area contributed by atoms with Crippen molar-refractivity contribution < 1.29 is 0 Å². The molecule has 0 aliphatic rings. The monoisotopic (exact) mass is 232 g/mol. The van der Waals surface area contributed by atoms with E-state index in [1.165, 1.54) is 0 Å². The molecule has 4 heteroatoms. The van der Waals surface area contributed by atoms with Crippen molar-refractivity contribution in [1.82, 2.24) is 14.5 Å². The van der Waals surface area contributed by atoms with Crippen LogP contribution in [-0.4, -0.2) is 14.5 Å². The Morgan fingerprint density at radius 2 is 2.18 bits per heavy atom. The third kappa shape index (κ3) is 2.12. The van der Waals surface area contributed by atoms with E-state index in [4.69, 9.17) is 5.73 Å². The number of rotatable bonds is 4. The molecule has 1 atom stereocenters. The summed E-state index contributed by atoms with van der Waals surface area (Å²) in [7, 11) is 0. The molecule has 2 N–H and O–H groups in total. The molecule has 0 saturated heterocycles. The minimum atomic E-state index is 0.403. The molecule has 0 aliphatic carbocycles. The summed E-state index contributed by atoms with van der Waals surface area (Å²) in [6, 6.07) is 2.44. The predicted octanol–water partition coefficient (Wildman–Crippen LogP) is 3.07. The molecule has 2 aromatic heterocycles. The van der Waals surface area contributed by atoms with Crippen molar-refractivity contribution in [3.8, 4) is 0 Å². The lowest BCUT2D eigenvalue weighted by molar-refractivity contribution is 0.461. The zero-order valence-electron chi connectivity index (χ0n) is 10.8. The number of hydrogen-bond donors (Lipinski definition) is 1. The van der Waals surface area contributed by atoms with E-state index in [0.717, 1.165) is 36.0 Å². The van der Waals surface area contributed by atoms with E-state index in [-0.39, 0.29) is 0 Å². The Labute approximate surface area is 102 Å². The number of anilines is 1. The highest BCUT2D eigenvalue weighted by atomic mass is 15.2. The van der Waals surface area contributed by atoms with Gasteiger partial charge in [0.05, 0.1) is 0 Å². The van der Waals surface area contributed by atoms with Crippen molar-refractivity contribution in [2.75, 3.05) is 5.73 Å². The van der Waals surface area contributed by atoms with Gasteiger partial charge in [-0.15, -0.1) is 0 Å². The van der Waals surface area contributed by atoms with Crippen LogP contribution >= 0.6 is 0 Å². The van der Waals surface area contributed by atoms with Gasteiger partial charge in [0, 0.05) is 12.2 Å². The second-order valence-electron chi connectivity index (χ2n) is 4.55. The van der Waals surface area contributed by atoms with E-state index in [0.29, 0.717) is 12.0 Å². The number of imidazole rings is 1. The van der Waals surface area contributed by atoms with Crippen molar-refractivity contribution in [2.45, 2.75) is 46.1 Å². The number of nitrogens with two attached hydrogens (primary N) is 1. The highest BCUT2D eigenvalue weighted by Crippen LogP contribution is 2.26. The zero-order chi connectivity index (χ0) is 12.4. The maximum atomic E-state index is 6.02. The minimum Gasteiger partial charge on any atom is -0.369 e. The smallest absolute Gasteiger partial charge is 0.202 e. The van der Waals surface area contributed by atoms with Crippen LogP contribution in [0.4, 0.5) is 5.95 Å². The molecule has 92 valence electrons. The summed E-state index contributed by atoms with van der Waals surface area (Å²) in [4.78, 5) is 8.88. The first-order valence-electron chi connectivity index (χ1n) is 6.27. The Hall–Kier alpha value is -1.58. The molecule has 0 saturated carbocycles. The Bertz CT molecular complexity index is 515. The number of hydrogen-bond acceptors (Lipinski definition) is 3. The molecule has 2 heterocycles. The number of aromatic nitrogens is 3. The van der Waals surface area contributed by atoms with Crippen molar-refractivity contribution >= 4 is 17.1 Å². The largest absolute Gasteiger partial charge is 0.369 e. The predicted molar refractivity (Wildman–Crippen MR) is 70.9 cm³/mol. The quantitative estimate of drug-likeness (QED) is 0.881. The highest BCUT2D eigenvalue weighted by Gasteiger charge is 2.16. The summed E-state index contributed by atoms with van der Waals surface area (Å²) in [5, 5.41) is 0. The van der Waals surface area contributed by atoms with Gasteiger partial charge in [-0.05, 0) is 31.4 Å². The molecule has 17 heavy (non-hydrogen) atoms. The fraction of sp³-hybridized carbons (Fsp3) is 0.538. The number of aryl methyl sites for hydroxylation is 1. The van der Waals surface area contributed by atoms with Crippen molar-refractivity contribution in [1.29, 1.82) is 0 Å². The Balaban J connectivity index is 2.55. The summed E-state index contributed by atoms with van der Waals surface area (Å²) in [6.45, 7) is 6.39.